The Morgan fingerprint density at radius 3 is 2.75 bits per heavy atom. The Labute approximate surface area is 92.8 Å². The predicted octanol–water partition coefficient (Wildman–Crippen LogP) is 2.55. The second-order valence-electron chi connectivity index (χ2n) is 3.19. The van der Waals surface area contributed by atoms with Crippen molar-refractivity contribution in [2.45, 2.75) is 6.92 Å². The lowest BCUT2D eigenvalue weighted by atomic mass is 10.1. The molecule has 1 heterocycles. The standard InChI is InChI=1S/C12H11NO3/c1-2-15-11-5-3-9(4-6-11)12-10(7-14)8-16-13-12/h3-8H,2H2,1H3. The van der Waals surface area contributed by atoms with E-state index < -0.39 is 0 Å². The molecule has 0 radical (unpaired) electrons. The van der Waals surface area contributed by atoms with E-state index in [1.54, 1.807) is 0 Å². The van der Waals surface area contributed by atoms with E-state index in [1.165, 1.54) is 6.26 Å². The van der Waals surface area contributed by atoms with Gasteiger partial charge in [-0.2, -0.15) is 0 Å². The molecular formula is C12H11NO3. The number of hydrogen-bond donors (Lipinski definition) is 0. The first-order valence-electron chi connectivity index (χ1n) is 4.98. The molecule has 0 spiro atoms. The number of ether oxygens (including phenoxy) is 1. The summed E-state index contributed by atoms with van der Waals surface area (Å²) >= 11 is 0. The summed E-state index contributed by atoms with van der Waals surface area (Å²) in [6.45, 7) is 2.55. The minimum Gasteiger partial charge on any atom is -0.494 e. The second-order valence-corrected chi connectivity index (χ2v) is 3.19. The molecule has 0 aliphatic heterocycles. The van der Waals surface area contributed by atoms with Crippen LogP contribution in [0.1, 0.15) is 17.3 Å². The van der Waals surface area contributed by atoms with Gasteiger partial charge in [0, 0.05) is 5.56 Å². The number of aromatic nitrogens is 1. The average Bonchev–Trinajstić information content (AvgIpc) is 2.78. The Morgan fingerprint density at radius 1 is 1.38 bits per heavy atom. The topological polar surface area (TPSA) is 52.3 Å². The summed E-state index contributed by atoms with van der Waals surface area (Å²) < 4.78 is 10.1. The summed E-state index contributed by atoms with van der Waals surface area (Å²) in [6.07, 6.45) is 2.06. The summed E-state index contributed by atoms with van der Waals surface area (Å²) in [6, 6.07) is 7.36. The maximum Gasteiger partial charge on any atom is 0.155 e. The third kappa shape index (κ3) is 1.95. The van der Waals surface area contributed by atoms with E-state index in [1.807, 2.05) is 31.2 Å². The van der Waals surface area contributed by atoms with Gasteiger partial charge >= 0.3 is 0 Å². The quantitative estimate of drug-likeness (QED) is 0.738. The van der Waals surface area contributed by atoms with Crippen molar-refractivity contribution in [1.82, 2.24) is 5.16 Å². The molecule has 2 aromatic rings. The minimum absolute atomic E-state index is 0.448. The van der Waals surface area contributed by atoms with Crippen molar-refractivity contribution in [1.29, 1.82) is 0 Å². The third-order valence-corrected chi connectivity index (χ3v) is 2.16. The van der Waals surface area contributed by atoms with Crippen LogP contribution in [0.4, 0.5) is 0 Å². The van der Waals surface area contributed by atoms with Gasteiger partial charge in [-0.1, -0.05) is 5.16 Å². The van der Waals surface area contributed by atoms with Gasteiger partial charge in [-0.25, -0.2) is 0 Å². The molecule has 82 valence electrons. The lowest BCUT2D eigenvalue weighted by molar-refractivity contribution is 0.112. The number of carbonyl (C=O) groups is 1. The first-order chi connectivity index (χ1) is 7.85. The van der Waals surface area contributed by atoms with Crippen LogP contribution in [0.25, 0.3) is 11.3 Å². The fraction of sp³-hybridized carbons (Fsp3) is 0.167. The van der Waals surface area contributed by atoms with Gasteiger partial charge in [-0.15, -0.1) is 0 Å². The summed E-state index contributed by atoms with van der Waals surface area (Å²) in [5.74, 6) is 0.794. The zero-order valence-electron chi connectivity index (χ0n) is 8.84. The van der Waals surface area contributed by atoms with E-state index in [-0.39, 0.29) is 0 Å². The number of hydrogen-bond acceptors (Lipinski definition) is 4. The maximum absolute atomic E-state index is 10.7. The van der Waals surface area contributed by atoms with Crippen molar-refractivity contribution < 1.29 is 14.1 Å². The van der Waals surface area contributed by atoms with Gasteiger partial charge < -0.3 is 9.26 Å². The highest BCUT2D eigenvalue weighted by Gasteiger charge is 2.09. The molecule has 0 aliphatic carbocycles. The molecule has 0 bridgehead atoms. The summed E-state index contributed by atoms with van der Waals surface area (Å²) in [7, 11) is 0. The molecule has 0 fully saturated rings. The number of benzene rings is 1. The van der Waals surface area contributed by atoms with E-state index in [0.717, 1.165) is 17.6 Å². The SMILES string of the molecule is CCOc1ccc(-c2nocc2C=O)cc1. The Morgan fingerprint density at radius 2 is 2.12 bits per heavy atom. The molecule has 4 heteroatoms. The van der Waals surface area contributed by atoms with E-state index in [9.17, 15) is 4.79 Å². The molecule has 16 heavy (non-hydrogen) atoms. The smallest absolute Gasteiger partial charge is 0.155 e. The van der Waals surface area contributed by atoms with Crippen LogP contribution in [0.5, 0.6) is 5.75 Å². The molecule has 0 saturated heterocycles. The van der Waals surface area contributed by atoms with Crippen LogP contribution in [0.2, 0.25) is 0 Å². The Kier molecular flexibility index (Phi) is 3.00. The van der Waals surface area contributed by atoms with Gasteiger partial charge in [0.25, 0.3) is 0 Å². The highest BCUT2D eigenvalue weighted by molar-refractivity contribution is 5.84. The fourth-order valence-electron chi connectivity index (χ4n) is 1.42. The van der Waals surface area contributed by atoms with E-state index in [0.29, 0.717) is 17.9 Å². The van der Waals surface area contributed by atoms with Gasteiger partial charge in [0.2, 0.25) is 0 Å². The lowest BCUT2D eigenvalue weighted by Gasteiger charge is -2.03. The number of nitrogens with zero attached hydrogens (tertiary/aromatic N) is 1. The number of rotatable bonds is 4. The zero-order chi connectivity index (χ0) is 11.4. The molecule has 1 aromatic heterocycles. The molecular weight excluding hydrogens is 206 g/mol. The van der Waals surface area contributed by atoms with E-state index in [4.69, 9.17) is 9.26 Å². The first-order valence-corrected chi connectivity index (χ1v) is 4.98. The average molecular weight is 217 g/mol. The van der Waals surface area contributed by atoms with Crippen molar-refractivity contribution in [3.63, 3.8) is 0 Å². The van der Waals surface area contributed by atoms with Gasteiger partial charge in [0.15, 0.2) is 6.29 Å². The molecule has 0 amide bonds. The summed E-state index contributed by atoms with van der Waals surface area (Å²) in [4.78, 5) is 10.7. The highest BCUT2D eigenvalue weighted by Crippen LogP contribution is 2.23. The highest BCUT2D eigenvalue weighted by atomic mass is 16.5. The van der Waals surface area contributed by atoms with Crippen molar-refractivity contribution in [2.24, 2.45) is 0 Å². The molecule has 1 aromatic carbocycles. The van der Waals surface area contributed by atoms with Crippen molar-refractivity contribution in [3.05, 3.63) is 36.1 Å². The van der Waals surface area contributed by atoms with Crippen molar-refractivity contribution in [2.75, 3.05) is 6.61 Å². The van der Waals surface area contributed by atoms with Crippen LogP contribution in [-0.4, -0.2) is 18.0 Å². The van der Waals surface area contributed by atoms with Crippen LogP contribution < -0.4 is 4.74 Å². The summed E-state index contributed by atoms with van der Waals surface area (Å²) in [5, 5.41) is 3.79. The van der Waals surface area contributed by atoms with Gasteiger partial charge in [-0.05, 0) is 31.2 Å². The summed E-state index contributed by atoms with van der Waals surface area (Å²) in [5.41, 5.74) is 1.83. The maximum atomic E-state index is 10.7. The van der Waals surface area contributed by atoms with E-state index in [2.05, 4.69) is 5.16 Å². The zero-order valence-corrected chi connectivity index (χ0v) is 8.84. The van der Waals surface area contributed by atoms with Crippen LogP contribution in [0.15, 0.2) is 35.1 Å². The van der Waals surface area contributed by atoms with Gasteiger partial charge in [0.1, 0.15) is 17.7 Å². The molecule has 0 saturated carbocycles. The molecule has 0 unspecified atom stereocenters. The van der Waals surface area contributed by atoms with Gasteiger partial charge in [0.05, 0.1) is 12.2 Å². The number of carbonyl (C=O) groups excluding carboxylic acids is 1. The Balaban J connectivity index is 2.31. The molecule has 0 aliphatic rings. The number of aldehydes is 1. The molecule has 4 nitrogen and oxygen atoms in total. The minimum atomic E-state index is 0.448. The second kappa shape index (κ2) is 4.61. The fourth-order valence-corrected chi connectivity index (χ4v) is 1.42. The molecule has 0 atom stereocenters. The van der Waals surface area contributed by atoms with Crippen molar-refractivity contribution >= 4 is 6.29 Å². The van der Waals surface area contributed by atoms with E-state index >= 15 is 0 Å². The largest absolute Gasteiger partial charge is 0.494 e. The predicted molar refractivity (Wildman–Crippen MR) is 58.5 cm³/mol. The molecule has 2 rings (SSSR count). The van der Waals surface area contributed by atoms with Crippen LogP contribution in [0, 0.1) is 0 Å². The Hall–Kier alpha value is -2.10. The monoisotopic (exact) mass is 217 g/mol. The van der Waals surface area contributed by atoms with Gasteiger partial charge in [-0.3, -0.25) is 4.79 Å². The first kappa shape index (κ1) is 10.4. The van der Waals surface area contributed by atoms with Crippen LogP contribution in [-0.2, 0) is 0 Å². The van der Waals surface area contributed by atoms with Crippen LogP contribution in [0.3, 0.4) is 0 Å². The van der Waals surface area contributed by atoms with Crippen molar-refractivity contribution in [3.8, 4) is 17.0 Å². The third-order valence-electron chi connectivity index (χ3n) is 2.16. The Bertz CT molecular complexity index is 473. The molecule has 0 N–H and O–H groups in total. The normalized spacial score (nSPS) is 10.1. The lowest BCUT2D eigenvalue weighted by Crippen LogP contribution is -1.91. The van der Waals surface area contributed by atoms with Crippen LogP contribution >= 0.6 is 0 Å².